The minimum absolute atomic E-state index is 0.0459. The number of carbonyl (C=O) groups is 1. The van der Waals surface area contributed by atoms with E-state index >= 15 is 0 Å². The number of rotatable bonds is 2. The van der Waals surface area contributed by atoms with E-state index in [4.69, 9.17) is 0 Å². The number of allylic oxidation sites excluding steroid dienone is 1. The van der Waals surface area contributed by atoms with Gasteiger partial charge in [-0.05, 0) is 53.6 Å². The monoisotopic (exact) mass is 420 g/mol. The molecule has 1 aromatic heterocycles. The quantitative estimate of drug-likeness (QED) is 0.382. The average Bonchev–Trinajstić information content (AvgIpc) is 2.75. The SMILES string of the molecule is O=C1/C(=C/c2ccc(F)c(F)c2)[S+]([O-])Nc2ccc(C#CCc3ccncc3)cc21. The Balaban J connectivity index is 1.61. The van der Waals surface area contributed by atoms with E-state index in [1.807, 2.05) is 12.1 Å². The topological polar surface area (TPSA) is 65.0 Å². The Morgan fingerprint density at radius 3 is 2.63 bits per heavy atom. The van der Waals surface area contributed by atoms with Gasteiger partial charge in [0.25, 0.3) is 0 Å². The maximum atomic E-state index is 13.5. The molecule has 1 atom stereocenters. The number of halogens is 2. The number of nitrogens with one attached hydrogen (secondary N) is 1. The molecule has 2 aromatic carbocycles. The Morgan fingerprint density at radius 2 is 1.87 bits per heavy atom. The number of benzene rings is 2. The van der Waals surface area contributed by atoms with Gasteiger partial charge in [-0.2, -0.15) is 0 Å². The molecule has 4 rings (SSSR count). The number of nitrogens with zero attached hydrogens (tertiary/aromatic N) is 1. The van der Waals surface area contributed by atoms with Gasteiger partial charge in [0, 0.05) is 30.5 Å². The predicted octanol–water partition coefficient (Wildman–Crippen LogP) is 4.27. The number of aromatic nitrogens is 1. The number of pyridine rings is 1. The fourth-order valence-corrected chi connectivity index (χ4v) is 3.90. The van der Waals surface area contributed by atoms with Crippen LogP contribution in [0.2, 0.25) is 0 Å². The lowest BCUT2D eigenvalue weighted by Gasteiger charge is -2.21. The molecule has 4 nitrogen and oxygen atoms in total. The first-order valence-electron chi connectivity index (χ1n) is 8.93. The average molecular weight is 420 g/mol. The van der Waals surface area contributed by atoms with Crippen LogP contribution in [0, 0.1) is 23.5 Å². The molecule has 148 valence electrons. The summed E-state index contributed by atoms with van der Waals surface area (Å²) in [5.74, 6) is 3.58. The van der Waals surface area contributed by atoms with Crippen LogP contribution in [-0.4, -0.2) is 15.3 Å². The van der Waals surface area contributed by atoms with Crippen LogP contribution in [0.25, 0.3) is 6.08 Å². The molecular weight excluding hydrogens is 406 g/mol. The van der Waals surface area contributed by atoms with Gasteiger partial charge in [0.15, 0.2) is 11.6 Å². The minimum atomic E-state index is -1.82. The van der Waals surface area contributed by atoms with Crippen molar-refractivity contribution in [3.63, 3.8) is 0 Å². The smallest absolute Gasteiger partial charge is 0.245 e. The zero-order valence-corrected chi connectivity index (χ0v) is 16.3. The molecule has 3 aromatic rings. The summed E-state index contributed by atoms with van der Waals surface area (Å²) < 4.78 is 41.8. The van der Waals surface area contributed by atoms with Crippen molar-refractivity contribution in [3.8, 4) is 11.8 Å². The van der Waals surface area contributed by atoms with Crippen molar-refractivity contribution in [1.82, 2.24) is 4.98 Å². The molecule has 1 unspecified atom stereocenters. The Labute approximate surface area is 175 Å². The number of hydrogen-bond donors (Lipinski definition) is 1. The third-order valence-electron chi connectivity index (χ3n) is 4.41. The zero-order chi connectivity index (χ0) is 21.1. The van der Waals surface area contributed by atoms with Gasteiger partial charge in [-0.25, -0.2) is 13.5 Å². The van der Waals surface area contributed by atoms with Crippen molar-refractivity contribution in [2.75, 3.05) is 4.72 Å². The van der Waals surface area contributed by atoms with Crippen molar-refractivity contribution in [3.05, 3.63) is 99.7 Å². The molecule has 0 radical (unpaired) electrons. The molecule has 2 heterocycles. The largest absolute Gasteiger partial charge is 0.588 e. The van der Waals surface area contributed by atoms with Crippen LogP contribution in [0.15, 0.2) is 65.8 Å². The van der Waals surface area contributed by atoms with Crippen molar-refractivity contribution in [1.29, 1.82) is 0 Å². The maximum absolute atomic E-state index is 13.5. The Bertz CT molecular complexity index is 1220. The lowest BCUT2D eigenvalue weighted by atomic mass is 10.0. The number of Topliss-reactive ketones (excluding diaryl/α,β-unsaturated/α-hetero) is 1. The number of carbonyl (C=O) groups excluding carboxylic acids is 1. The first kappa shape index (κ1) is 19.8. The molecule has 0 aliphatic carbocycles. The summed E-state index contributed by atoms with van der Waals surface area (Å²) in [7, 11) is 0. The maximum Gasteiger partial charge on any atom is 0.245 e. The van der Waals surface area contributed by atoms with Crippen LogP contribution in [0.1, 0.15) is 27.0 Å². The van der Waals surface area contributed by atoms with Gasteiger partial charge in [0.1, 0.15) is 11.4 Å². The molecular formula is C23H14F2N2O2S. The van der Waals surface area contributed by atoms with Gasteiger partial charge >= 0.3 is 0 Å². The molecule has 1 aliphatic heterocycles. The molecule has 0 amide bonds. The molecule has 0 bridgehead atoms. The highest BCUT2D eigenvalue weighted by atomic mass is 32.2. The highest BCUT2D eigenvalue weighted by molar-refractivity contribution is 7.97. The predicted molar refractivity (Wildman–Crippen MR) is 112 cm³/mol. The highest BCUT2D eigenvalue weighted by Crippen LogP contribution is 2.31. The summed E-state index contributed by atoms with van der Waals surface area (Å²) >= 11 is -1.82. The van der Waals surface area contributed by atoms with Gasteiger partial charge in [-0.1, -0.05) is 17.9 Å². The van der Waals surface area contributed by atoms with Crippen LogP contribution in [0.3, 0.4) is 0 Å². The van der Waals surface area contributed by atoms with E-state index in [9.17, 15) is 18.1 Å². The summed E-state index contributed by atoms with van der Waals surface area (Å²) in [5, 5.41) is 0. The second kappa shape index (κ2) is 8.49. The third-order valence-corrected chi connectivity index (χ3v) is 5.51. The molecule has 0 fully saturated rings. The van der Waals surface area contributed by atoms with Crippen LogP contribution in [0.5, 0.6) is 0 Å². The molecule has 1 aliphatic rings. The van der Waals surface area contributed by atoms with Gasteiger partial charge in [-0.3, -0.25) is 9.78 Å². The molecule has 7 heteroatoms. The fraction of sp³-hybridized carbons (Fsp3) is 0.0435. The Hall–Kier alpha value is -3.47. The van der Waals surface area contributed by atoms with E-state index in [-0.39, 0.29) is 10.5 Å². The first-order chi connectivity index (χ1) is 14.5. The number of anilines is 1. The van der Waals surface area contributed by atoms with E-state index in [1.165, 1.54) is 12.1 Å². The second-order valence-corrected chi connectivity index (χ2v) is 7.66. The van der Waals surface area contributed by atoms with E-state index in [1.54, 1.807) is 30.6 Å². The molecule has 0 saturated heterocycles. The second-order valence-electron chi connectivity index (χ2n) is 6.48. The number of ketones is 1. The van der Waals surface area contributed by atoms with E-state index in [2.05, 4.69) is 21.5 Å². The van der Waals surface area contributed by atoms with Crippen LogP contribution in [0.4, 0.5) is 14.5 Å². The lowest BCUT2D eigenvalue weighted by Crippen LogP contribution is -2.27. The normalized spacial score (nSPS) is 16.4. The summed E-state index contributed by atoms with van der Waals surface area (Å²) in [6.45, 7) is 0. The van der Waals surface area contributed by atoms with Gasteiger partial charge in [0.2, 0.25) is 10.7 Å². The molecule has 30 heavy (non-hydrogen) atoms. The fourth-order valence-electron chi connectivity index (χ4n) is 2.89. The van der Waals surface area contributed by atoms with Gasteiger partial charge in [0.05, 0.1) is 11.3 Å². The Morgan fingerprint density at radius 1 is 1.07 bits per heavy atom. The van der Waals surface area contributed by atoms with E-state index in [0.717, 1.165) is 17.7 Å². The first-order valence-corrected chi connectivity index (χ1v) is 10.1. The van der Waals surface area contributed by atoms with Gasteiger partial charge in [-0.15, -0.1) is 0 Å². The molecule has 0 spiro atoms. The summed E-state index contributed by atoms with van der Waals surface area (Å²) in [6, 6.07) is 12.0. The lowest BCUT2D eigenvalue weighted by molar-refractivity contribution is 0.104. The Kier molecular flexibility index (Phi) is 5.61. The van der Waals surface area contributed by atoms with Crippen molar-refractivity contribution in [2.45, 2.75) is 6.42 Å². The van der Waals surface area contributed by atoms with Gasteiger partial charge < -0.3 is 4.55 Å². The minimum Gasteiger partial charge on any atom is -0.588 e. The van der Waals surface area contributed by atoms with E-state index in [0.29, 0.717) is 23.2 Å². The van der Waals surface area contributed by atoms with Crippen LogP contribution < -0.4 is 4.72 Å². The third kappa shape index (κ3) is 4.25. The highest BCUT2D eigenvalue weighted by Gasteiger charge is 2.33. The summed E-state index contributed by atoms with van der Waals surface area (Å²) in [5.41, 5.74) is 2.65. The van der Waals surface area contributed by atoms with Crippen molar-refractivity contribution < 1.29 is 18.1 Å². The van der Waals surface area contributed by atoms with Crippen LogP contribution in [-0.2, 0) is 17.8 Å². The zero-order valence-electron chi connectivity index (χ0n) is 15.5. The number of hydrogen-bond acceptors (Lipinski definition) is 4. The summed E-state index contributed by atoms with van der Waals surface area (Å²) in [6.07, 6.45) is 5.22. The van der Waals surface area contributed by atoms with E-state index < -0.39 is 28.8 Å². The molecule has 0 saturated carbocycles. The van der Waals surface area contributed by atoms with Crippen LogP contribution >= 0.6 is 0 Å². The van der Waals surface area contributed by atoms with Crippen molar-refractivity contribution in [2.24, 2.45) is 0 Å². The van der Waals surface area contributed by atoms with Crippen molar-refractivity contribution >= 4 is 28.9 Å². The standard InChI is InChI=1S/C23H14F2N2O2S/c24-19-6-4-17(13-20(19)25)14-22-23(28)18-12-16(5-7-21(18)27-30(22)29)3-1-2-15-8-10-26-11-9-15/h4-14,27H,2H2/b22-14-. The number of fused-ring (bicyclic) bond motifs is 1. The molecule has 1 N–H and O–H groups in total. The summed E-state index contributed by atoms with van der Waals surface area (Å²) in [4.78, 5) is 16.8.